The van der Waals surface area contributed by atoms with E-state index in [1.165, 1.54) is 0 Å². The predicted molar refractivity (Wildman–Crippen MR) is 102 cm³/mol. The zero-order valence-electron chi connectivity index (χ0n) is 13.9. The number of aromatic carboxylic acids is 1. The van der Waals surface area contributed by atoms with E-state index in [9.17, 15) is 9.90 Å². The highest BCUT2D eigenvalue weighted by Gasteiger charge is 2.17. The number of nitrogens with zero attached hydrogens (tertiary/aromatic N) is 1. The normalized spacial score (nSPS) is 10.6. The van der Waals surface area contributed by atoms with Crippen LogP contribution in [0.25, 0.3) is 33.6 Å². The van der Waals surface area contributed by atoms with E-state index in [-0.39, 0.29) is 5.56 Å². The topological polar surface area (TPSA) is 66.0 Å². The highest BCUT2D eigenvalue weighted by Crippen LogP contribution is 2.36. The van der Waals surface area contributed by atoms with Crippen LogP contribution in [0.15, 0.2) is 85.2 Å². The molecule has 4 heteroatoms. The number of pyridine rings is 1. The molecule has 0 saturated heterocycles. The van der Waals surface area contributed by atoms with Crippen LogP contribution < -0.4 is 0 Å². The summed E-state index contributed by atoms with van der Waals surface area (Å²) in [5, 5.41) is 9.51. The summed E-state index contributed by atoms with van der Waals surface area (Å²) in [4.78, 5) is 19.1. The van der Waals surface area contributed by atoms with Crippen molar-refractivity contribution in [2.24, 2.45) is 0 Å². The van der Waals surface area contributed by atoms with Gasteiger partial charge in [-0.3, -0.25) is 4.98 Å². The molecule has 4 aromatic rings. The van der Waals surface area contributed by atoms with Gasteiger partial charge in [0.15, 0.2) is 0 Å². The Bertz CT molecular complexity index is 997. The first-order chi connectivity index (χ1) is 12.7. The van der Waals surface area contributed by atoms with Crippen molar-refractivity contribution in [3.8, 4) is 33.6 Å². The van der Waals surface area contributed by atoms with Gasteiger partial charge in [0.2, 0.25) is 0 Å². The molecule has 0 amide bonds. The molecule has 0 radical (unpaired) electrons. The van der Waals surface area contributed by atoms with Crippen molar-refractivity contribution in [3.63, 3.8) is 0 Å². The number of aromatic amines is 1. The summed E-state index contributed by atoms with van der Waals surface area (Å²) in [5.74, 6) is -0.943. The minimum absolute atomic E-state index is 0.273. The molecule has 0 unspecified atom stereocenters. The first kappa shape index (κ1) is 15.8. The maximum atomic E-state index is 11.6. The zero-order valence-corrected chi connectivity index (χ0v) is 13.9. The summed E-state index contributed by atoms with van der Waals surface area (Å²) in [6.07, 6.45) is 3.50. The Morgan fingerprint density at radius 1 is 0.808 bits per heavy atom. The highest BCUT2D eigenvalue weighted by molar-refractivity contribution is 5.97. The van der Waals surface area contributed by atoms with Crippen LogP contribution in [-0.4, -0.2) is 21.0 Å². The van der Waals surface area contributed by atoms with E-state index < -0.39 is 5.97 Å². The number of benzene rings is 2. The Kier molecular flexibility index (Phi) is 4.07. The van der Waals surface area contributed by atoms with E-state index in [1.807, 2.05) is 60.7 Å². The number of H-pyrrole nitrogens is 1. The highest BCUT2D eigenvalue weighted by atomic mass is 16.4. The van der Waals surface area contributed by atoms with Gasteiger partial charge < -0.3 is 10.1 Å². The third-order valence-electron chi connectivity index (χ3n) is 4.32. The quantitative estimate of drug-likeness (QED) is 0.542. The van der Waals surface area contributed by atoms with Crippen molar-refractivity contribution in [2.75, 3.05) is 0 Å². The van der Waals surface area contributed by atoms with Gasteiger partial charge in [0.25, 0.3) is 0 Å². The van der Waals surface area contributed by atoms with Crippen molar-refractivity contribution < 1.29 is 9.90 Å². The Morgan fingerprint density at radius 2 is 1.50 bits per heavy atom. The predicted octanol–water partition coefficient (Wildman–Crippen LogP) is 5.11. The fourth-order valence-corrected chi connectivity index (χ4v) is 3.10. The van der Waals surface area contributed by atoms with Gasteiger partial charge in [-0.25, -0.2) is 4.79 Å². The Hall–Kier alpha value is -3.66. The van der Waals surface area contributed by atoms with E-state index in [1.54, 1.807) is 24.5 Å². The lowest BCUT2D eigenvalue weighted by Gasteiger charge is -2.04. The maximum absolute atomic E-state index is 11.6. The molecule has 2 N–H and O–H groups in total. The second kappa shape index (κ2) is 6.69. The number of carboxylic acid groups (broad SMARTS) is 1. The van der Waals surface area contributed by atoms with Gasteiger partial charge >= 0.3 is 5.97 Å². The number of carbonyl (C=O) groups is 1. The molecule has 0 aliphatic carbocycles. The smallest absolute Gasteiger partial charge is 0.336 e. The second-order valence-corrected chi connectivity index (χ2v) is 5.92. The minimum atomic E-state index is -0.943. The van der Waals surface area contributed by atoms with E-state index in [0.717, 1.165) is 28.1 Å². The zero-order chi connectivity index (χ0) is 17.9. The third kappa shape index (κ3) is 2.89. The summed E-state index contributed by atoms with van der Waals surface area (Å²) in [5.41, 5.74) is 5.73. The molecule has 126 valence electrons. The Balaban J connectivity index is 1.94. The average Bonchev–Trinajstić information content (AvgIpc) is 3.15. The van der Waals surface area contributed by atoms with Crippen LogP contribution in [0.3, 0.4) is 0 Å². The summed E-state index contributed by atoms with van der Waals surface area (Å²) in [6.45, 7) is 0. The Labute approximate surface area is 150 Å². The van der Waals surface area contributed by atoms with Crippen LogP contribution in [0.2, 0.25) is 0 Å². The number of rotatable bonds is 4. The fraction of sp³-hybridized carbons (Fsp3) is 0. The van der Waals surface area contributed by atoms with Crippen LogP contribution in [0.5, 0.6) is 0 Å². The molecule has 0 bridgehead atoms. The SMILES string of the molecule is O=C(O)c1ccccc1-c1cc(-c2ccncc2)c(-c2ccccc2)[nH]1. The van der Waals surface area contributed by atoms with Crippen LogP contribution in [0, 0.1) is 0 Å². The molecule has 26 heavy (non-hydrogen) atoms. The largest absolute Gasteiger partial charge is 0.478 e. The summed E-state index contributed by atoms with van der Waals surface area (Å²) >= 11 is 0. The number of nitrogens with one attached hydrogen (secondary N) is 1. The number of carboxylic acids is 1. The minimum Gasteiger partial charge on any atom is -0.478 e. The average molecular weight is 340 g/mol. The van der Waals surface area contributed by atoms with Crippen LogP contribution >= 0.6 is 0 Å². The van der Waals surface area contributed by atoms with Crippen molar-refractivity contribution in [1.29, 1.82) is 0 Å². The maximum Gasteiger partial charge on any atom is 0.336 e. The number of aromatic nitrogens is 2. The van der Waals surface area contributed by atoms with Gasteiger partial charge in [0.05, 0.1) is 11.3 Å². The van der Waals surface area contributed by atoms with Gasteiger partial charge in [0.1, 0.15) is 0 Å². The number of hydrogen-bond acceptors (Lipinski definition) is 2. The molecule has 0 atom stereocenters. The lowest BCUT2D eigenvalue weighted by molar-refractivity contribution is 0.0697. The molecular formula is C22H16N2O2. The molecular weight excluding hydrogens is 324 g/mol. The van der Waals surface area contributed by atoms with Crippen molar-refractivity contribution in [1.82, 2.24) is 9.97 Å². The Morgan fingerprint density at radius 3 is 2.23 bits per heavy atom. The summed E-state index contributed by atoms with van der Waals surface area (Å²) in [7, 11) is 0. The third-order valence-corrected chi connectivity index (χ3v) is 4.32. The first-order valence-corrected chi connectivity index (χ1v) is 8.25. The summed E-state index contributed by atoms with van der Waals surface area (Å²) < 4.78 is 0. The molecule has 4 rings (SSSR count). The molecule has 2 aromatic carbocycles. The molecule has 4 nitrogen and oxygen atoms in total. The van der Waals surface area contributed by atoms with Crippen molar-refractivity contribution >= 4 is 5.97 Å². The van der Waals surface area contributed by atoms with Gasteiger partial charge in [0, 0.05) is 29.2 Å². The van der Waals surface area contributed by atoms with Crippen LogP contribution in [0.1, 0.15) is 10.4 Å². The van der Waals surface area contributed by atoms with E-state index in [2.05, 4.69) is 9.97 Å². The van der Waals surface area contributed by atoms with Crippen LogP contribution in [-0.2, 0) is 0 Å². The number of hydrogen-bond donors (Lipinski definition) is 2. The summed E-state index contributed by atoms with van der Waals surface area (Å²) in [6, 6.07) is 22.9. The molecule has 0 spiro atoms. The van der Waals surface area contributed by atoms with E-state index >= 15 is 0 Å². The molecule has 0 aliphatic rings. The van der Waals surface area contributed by atoms with Gasteiger partial charge in [-0.05, 0) is 35.4 Å². The molecule has 2 aromatic heterocycles. The second-order valence-electron chi connectivity index (χ2n) is 5.92. The molecule has 0 fully saturated rings. The first-order valence-electron chi connectivity index (χ1n) is 8.25. The van der Waals surface area contributed by atoms with Crippen molar-refractivity contribution in [3.05, 3.63) is 90.8 Å². The standard InChI is InChI=1S/C22H16N2O2/c25-22(26)18-9-5-4-8-17(18)20-14-19(15-10-12-23-13-11-15)21(24-20)16-6-2-1-3-7-16/h1-14,24H,(H,25,26). The van der Waals surface area contributed by atoms with Gasteiger partial charge in [-0.15, -0.1) is 0 Å². The van der Waals surface area contributed by atoms with Gasteiger partial charge in [-0.1, -0.05) is 48.5 Å². The van der Waals surface area contributed by atoms with Gasteiger partial charge in [-0.2, -0.15) is 0 Å². The van der Waals surface area contributed by atoms with Crippen LogP contribution in [0.4, 0.5) is 0 Å². The molecule has 2 heterocycles. The van der Waals surface area contributed by atoms with E-state index in [4.69, 9.17) is 0 Å². The molecule has 0 saturated carbocycles. The lowest BCUT2D eigenvalue weighted by atomic mass is 10.0. The van der Waals surface area contributed by atoms with Crippen molar-refractivity contribution in [2.45, 2.75) is 0 Å². The fourth-order valence-electron chi connectivity index (χ4n) is 3.10. The molecule has 0 aliphatic heterocycles. The monoisotopic (exact) mass is 340 g/mol. The van der Waals surface area contributed by atoms with E-state index in [0.29, 0.717) is 5.56 Å². The lowest BCUT2D eigenvalue weighted by Crippen LogP contribution is -1.99.